The van der Waals surface area contributed by atoms with Crippen molar-refractivity contribution in [3.63, 3.8) is 0 Å². The Morgan fingerprint density at radius 2 is 1.65 bits per heavy atom. The first-order valence-corrected chi connectivity index (χ1v) is 9.66. The van der Waals surface area contributed by atoms with Crippen LogP contribution in [0.1, 0.15) is 5.56 Å². The Balaban J connectivity index is 1.86. The Labute approximate surface area is 163 Å². The summed E-state index contributed by atoms with van der Waals surface area (Å²) in [5, 5.41) is 6.13. The van der Waals surface area contributed by atoms with Gasteiger partial charge in [0.15, 0.2) is 0 Å². The number of aryl methyl sites for hydroxylation is 1. The molecule has 0 heterocycles. The minimum absolute atomic E-state index is 0.0851. The van der Waals surface area contributed by atoms with Crippen LogP contribution in [0.4, 0.5) is 11.4 Å². The third kappa shape index (κ3) is 6.05. The largest absolute Gasteiger partial charge is 0.324 e. The number of rotatable bonds is 7. The first kappa shape index (κ1) is 20.3. The van der Waals surface area contributed by atoms with Gasteiger partial charge in [0.25, 0.3) is 0 Å². The van der Waals surface area contributed by atoms with E-state index in [0.29, 0.717) is 10.7 Å². The summed E-state index contributed by atoms with van der Waals surface area (Å²) in [6.07, 6.45) is 1.96. The molecule has 0 unspecified atom stereocenters. The lowest BCUT2D eigenvalue weighted by atomic mass is 10.2. The maximum Gasteiger partial charge on any atom is 0.238 e. The number of nitrogens with zero attached hydrogens (tertiary/aromatic N) is 1. The van der Waals surface area contributed by atoms with Crippen molar-refractivity contribution in [2.24, 2.45) is 0 Å². The Morgan fingerprint density at radius 1 is 1.04 bits per heavy atom. The quantitative estimate of drug-likeness (QED) is 0.703. The van der Waals surface area contributed by atoms with Crippen molar-refractivity contribution in [3.8, 4) is 0 Å². The molecule has 0 aliphatic rings. The number of para-hydroxylation sites is 1. The van der Waals surface area contributed by atoms with Crippen LogP contribution in [-0.2, 0) is 9.59 Å². The minimum atomic E-state index is -0.226. The van der Waals surface area contributed by atoms with Crippen LogP contribution < -0.4 is 10.6 Å². The van der Waals surface area contributed by atoms with Crippen molar-refractivity contribution in [2.75, 3.05) is 37.0 Å². The molecule has 2 rings (SSSR count). The number of benzene rings is 2. The SMILES string of the molecule is CSc1ccccc1NC(=O)CN(C)CC(=O)Nc1ccc(C)cc1Cl. The monoisotopic (exact) mass is 391 g/mol. The van der Waals surface area contributed by atoms with Gasteiger partial charge in [-0.05, 0) is 50.1 Å². The lowest BCUT2D eigenvalue weighted by Crippen LogP contribution is -2.36. The normalized spacial score (nSPS) is 10.7. The van der Waals surface area contributed by atoms with Gasteiger partial charge in [-0.15, -0.1) is 11.8 Å². The molecule has 0 fully saturated rings. The number of likely N-dealkylation sites (N-methyl/N-ethyl adjacent to an activating group) is 1. The third-order valence-corrected chi connectivity index (χ3v) is 4.72. The summed E-state index contributed by atoms with van der Waals surface area (Å²) in [7, 11) is 1.72. The molecule has 2 aromatic rings. The first-order chi connectivity index (χ1) is 12.4. The molecule has 2 N–H and O–H groups in total. The third-order valence-electron chi connectivity index (χ3n) is 3.61. The highest BCUT2D eigenvalue weighted by Crippen LogP contribution is 2.24. The molecule has 0 saturated heterocycles. The van der Waals surface area contributed by atoms with Crippen molar-refractivity contribution < 1.29 is 9.59 Å². The minimum Gasteiger partial charge on any atom is -0.324 e. The van der Waals surface area contributed by atoms with Crippen LogP contribution in [0.3, 0.4) is 0 Å². The van der Waals surface area contributed by atoms with Gasteiger partial charge in [0.2, 0.25) is 11.8 Å². The number of halogens is 1. The fourth-order valence-corrected chi connectivity index (χ4v) is 3.23. The van der Waals surface area contributed by atoms with Gasteiger partial charge in [0, 0.05) is 4.90 Å². The van der Waals surface area contributed by atoms with E-state index in [2.05, 4.69) is 10.6 Å². The predicted molar refractivity (Wildman–Crippen MR) is 109 cm³/mol. The molecule has 26 heavy (non-hydrogen) atoms. The van der Waals surface area contributed by atoms with Crippen LogP contribution in [0.5, 0.6) is 0 Å². The molecule has 0 radical (unpaired) electrons. The second kappa shape index (κ2) is 9.62. The highest BCUT2D eigenvalue weighted by atomic mass is 35.5. The summed E-state index contributed by atoms with van der Waals surface area (Å²) < 4.78 is 0. The number of hydrogen-bond acceptors (Lipinski definition) is 4. The Kier molecular flexibility index (Phi) is 7.50. The number of carbonyl (C=O) groups is 2. The molecule has 0 spiro atoms. The fraction of sp³-hybridized carbons (Fsp3) is 0.263. The van der Waals surface area contributed by atoms with Crippen molar-refractivity contribution in [3.05, 3.63) is 53.1 Å². The van der Waals surface area contributed by atoms with E-state index in [4.69, 9.17) is 11.6 Å². The van der Waals surface area contributed by atoms with Crippen LogP contribution in [-0.4, -0.2) is 43.1 Å². The summed E-state index contributed by atoms with van der Waals surface area (Å²) in [4.78, 5) is 27.0. The molecule has 2 amide bonds. The van der Waals surface area contributed by atoms with Crippen LogP contribution in [0.25, 0.3) is 0 Å². The molecule has 2 aromatic carbocycles. The molecule has 0 bridgehead atoms. The van der Waals surface area contributed by atoms with E-state index in [9.17, 15) is 9.59 Å². The van der Waals surface area contributed by atoms with Crippen molar-refractivity contribution in [1.29, 1.82) is 0 Å². The van der Waals surface area contributed by atoms with E-state index >= 15 is 0 Å². The molecule has 138 valence electrons. The molecular weight excluding hydrogens is 370 g/mol. The smallest absolute Gasteiger partial charge is 0.238 e. The predicted octanol–water partition coefficient (Wildman–Crippen LogP) is 3.88. The van der Waals surface area contributed by atoms with Gasteiger partial charge < -0.3 is 10.6 Å². The summed E-state index contributed by atoms with van der Waals surface area (Å²) >= 11 is 7.68. The Morgan fingerprint density at radius 3 is 2.27 bits per heavy atom. The topological polar surface area (TPSA) is 61.4 Å². The van der Waals surface area contributed by atoms with Crippen LogP contribution >= 0.6 is 23.4 Å². The molecule has 0 saturated carbocycles. The number of hydrogen-bond donors (Lipinski definition) is 2. The molecular formula is C19H22ClN3O2S. The molecule has 5 nitrogen and oxygen atoms in total. The van der Waals surface area contributed by atoms with Crippen LogP contribution in [0, 0.1) is 6.92 Å². The van der Waals surface area contributed by atoms with Gasteiger partial charge in [-0.3, -0.25) is 14.5 Å². The van der Waals surface area contributed by atoms with E-state index < -0.39 is 0 Å². The highest BCUT2D eigenvalue weighted by Gasteiger charge is 2.13. The van der Waals surface area contributed by atoms with E-state index in [-0.39, 0.29) is 24.9 Å². The molecule has 0 aromatic heterocycles. The van der Waals surface area contributed by atoms with Gasteiger partial charge in [-0.1, -0.05) is 29.8 Å². The standard InChI is InChI=1S/C19H22ClN3O2S/c1-13-8-9-15(14(20)10-13)21-18(24)11-23(2)12-19(25)22-16-6-4-5-7-17(16)26-3/h4-10H,11-12H2,1-3H3,(H,21,24)(H,22,25). The van der Waals surface area contributed by atoms with Gasteiger partial charge in [0.1, 0.15) is 0 Å². The molecule has 0 aliphatic carbocycles. The molecule has 0 atom stereocenters. The van der Waals surface area contributed by atoms with Crippen molar-refractivity contribution in [1.82, 2.24) is 4.90 Å². The molecule has 7 heteroatoms. The van der Waals surface area contributed by atoms with E-state index in [1.54, 1.807) is 35.8 Å². The number of anilines is 2. The maximum atomic E-state index is 12.2. The average molecular weight is 392 g/mol. The highest BCUT2D eigenvalue weighted by molar-refractivity contribution is 7.98. The Bertz CT molecular complexity index is 798. The summed E-state index contributed by atoms with van der Waals surface area (Å²) in [6.45, 7) is 2.12. The van der Waals surface area contributed by atoms with E-state index in [1.807, 2.05) is 43.5 Å². The number of thioether (sulfide) groups is 1. The number of nitrogens with one attached hydrogen (secondary N) is 2. The average Bonchev–Trinajstić information content (AvgIpc) is 2.57. The van der Waals surface area contributed by atoms with Gasteiger partial charge in [-0.2, -0.15) is 0 Å². The summed E-state index contributed by atoms with van der Waals surface area (Å²) in [5.41, 5.74) is 2.36. The second-order valence-corrected chi connectivity index (χ2v) is 7.21. The van der Waals surface area contributed by atoms with Gasteiger partial charge in [-0.25, -0.2) is 0 Å². The zero-order valence-electron chi connectivity index (χ0n) is 15.0. The number of amides is 2. The lowest BCUT2D eigenvalue weighted by molar-refractivity contribution is -0.119. The molecule has 0 aliphatic heterocycles. The Hall–Kier alpha value is -2.02. The van der Waals surface area contributed by atoms with Gasteiger partial charge >= 0.3 is 0 Å². The lowest BCUT2D eigenvalue weighted by Gasteiger charge is -2.17. The van der Waals surface area contributed by atoms with Crippen LogP contribution in [0.15, 0.2) is 47.4 Å². The van der Waals surface area contributed by atoms with E-state index in [1.165, 1.54) is 0 Å². The van der Waals surface area contributed by atoms with E-state index in [0.717, 1.165) is 16.1 Å². The summed E-state index contributed by atoms with van der Waals surface area (Å²) in [6, 6.07) is 13.0. The van der Waals surface area contributed by atoms with Crippen molar-refractivity contribution >= 4 is 46.6 Å². The van der Waals surface area contributed by atoms with Crippen molar-refractivity contribution in [2.45, 2.75) is 11.8 Å². The zero-order chi connectivity index (χ0) is 19.1. The van der Waals surface area contributed by atoms with Gasteiger partial charge in [0.05, 0.1) is 29.5 Å². The fourth-order valence-electron chi connectivity index (χ4n) is 2.40. The van der Waals surface area contributed by atoms with Crippen LogP contribution in [0.2, 0.25) is 5.02 Å². The zero-order valence-corrected chi connectivity index (χ0v) is 16.6. The summed E-state index contributed by atoms with van der Waals surface area (Å²) in [5.74, 6) is -0.397. The second-order valence-electron chi connectivity index (χ2n) is 5.95. The first-order valence-electron chi connectivity index (χ1n) is 8.06. The number of carbonyl (C=O) groups excluding carboxylic acids is 2. The maximum absolute atomic E-state index is 12.2.